The normalized spacial score (nSPS) is 17.5. The van der Waals surface area contributed by atoms with Crippen molar-refractivity contribution in [3.8, 4) is 6.07 Å². The Kier molecular flexibility index (Phi) is 3.20. The molecular formula is C17H17N7O2S. The van der Waals surface area contributed by atoms with E-state index in [0.717, 1.165) is 27.2 Å². The Bertz CT molecular complexity index is 1330. The van der Waals surface area contributed by atoms with Gasteiger partial charge in [-0.2, -0.15) is 9.57 Å². The van der Waals surface area contributed by atoms with Crippen molar-refractivity contribution in [2.45, 2.75) is 18.9 Å². The van der Waals surface area contributed by atoms with Crippen LogP contribution in [0.25, 0.3) is 32.8 Å². The monoisotopic (exact) mass is 383 g/mol. The summed E-state index contributed by atoms with van der Waals surface area (Å²) < 4.78 is 27.6. The Labute approximate surface area is 154 Å². The van der Waals surface area contributed by atoms with E-state index >= 15 is 0 Å². The number of rotatable bonds is 4. The van der Waals surface area contributed by atoms with Crippen LogP contribution < -0.4 is 0 Å². The molecule has 0 aliphatic carbocycles. The lowest BCUT2D eigenvalue weighted by atomic mass is 9.89. The highest BCUT2D eigenvalue weighted by atomic mass is 32.2. The molecule has 9 nitrogen and oxygen atoms in total. The summed E-state index contributed by atoms with van der Waals surface area (Å²) in [5.41, 5.74) is 1.91. The number of hydrogen-bond acceptors (Lipinski definition) is 5. The van der Waals surface area contributed by atoms with E-state index in [2.05, 4.69) is 26.1 Å². The second-order valence-corrected chi connectivity index (χ2v) is 9.26. The fourth-order valence-corrected chi connectivity index (χ4v) is 5.16. The summed E-state index contributed by atoms with van der Waals surface area (Å²) in [6, 6.07) is 4.21. The third kappa shape index (κ3) is 2.15. The minimum Gasteiger partial charge on any atom is -0.345 e. The van der Waals surface area contributed by atoms with Crippen molar-refractivity contribution in [3.05, 3.63) is 24.8 Å². The van der Waals surface area contributed by atoms with Crippen LogP contribution in [0, 0.1) is 11.3 Å². The van der Waals surface area contributed by atoms with E-state index < -0.39 is 15.6 Å². The van der Waals surface area contributed by atoms with Crippen LogP contribution in [0.15, 0.2) is 24.8 Å². The Hall–Kier alpha value is -2.90. The van der Waals surface area contributed by atoms with Gasteiger partial charge in [0.05, 0.1) is 41.0 Å². The largest absolute Gasteiger partial charge is 0.345 e. The zero-order valence-electron chi connectivity index (χ0n) is 14.6. The number of hydrogen-bond donors (Lipinski definition) is 2. The maximum absolute atomic E-state index is 12.1. The molecule has 27 heavy (non-hydrogen) atoms. The van der Waals surface area contributed by atoms with Gasteiger partial charge in [0.2, 0.25) is 10.0 Å². The molecule has 0 atom stereocenters. The molecule has 0 bridgehead atoms. The molecule has 3 aromatic heterocycles. The molecule has 138 valence electrons. The van der Waals surface area contributed by atoms with Gasteiger partial charge in [-0.25, -0.2) is 18.4 Å². The molecule has 0 amide bonds. The molecule has 1 fully saturated rings. The van der Waals surface area contributed by atoms with Gasteiger partial charge >= 0.3 is 0 Å². The van der Waals surface area contributed by atoms with Crippen LogP contribution in [0.1, 0.15) is 13.3 Å². The second kappa shape index (κ2) is 5.31. The van der Waals surface area contributed by atoms with E-state index in [4.69, 9.17) is 0 Å². The van der Waals surface area contributed by atoms with Gasteiger partial charge in [0, 0.05) is 36.3 Å². The van der Waals surface area contributed by atoms with Crippen LogP contribution in [-0.2, 0) is 15.6 Å². The summed E-state index contributed by atoms with van der Waals surface area (Å²) in [7, 11) is -3.26. The number of sulfonamides is 1. The van der Waals surface area contributed by atoms with E-state index in [9.17, 15) is 13.7 Å². The summed E-state index contributed by atoms with van der Waals surface area (Å²) in [6.07, 6.45) is 5.57. The highest BCUT2D eigenvalue weighted by Gasteiger charge is 2.49. The maximum Gasteiger partial charge on any atom is 0.213 e. The molecule has 0 unspecified atom stereocenters. The third-order valence-corrected chi connectivity index (χ3v) is 7.24. The number of aromatic nitrogens is 5. The summed E-state index contributed by atoms with van der Waals surface area (Å²) >= 11 is 0. The summed E-state index contributed by atoms with van der Waals surface area (Å²) in [5, 5.41) is 15.6. The molecule has 0 radical (unpaired) electrons. The first-order valence-electron chi connectivity index (χ1n) is 8.64. The van der Waals surface area contributed by atoms with Crippen molar-refractivity contribution >= 4 is 42.9 Å². The Balaban J connectivity index is 1.66. The molecular weight excluding hydrogens is 366 g/mol. The molecule has 10 heteroatoms. The standard InChI is InChI=1S/C17H17N7O2S/c1-2-27(25,26)23-8-17(9-23,3-4-18)24-7-12-13(22-24)5-11-6-19-16-14(11)15(12)20-10-21-16/h5-7,10,22H,2-3,8-9H2,1H3,(H,19,20,21). The van der Waals surface area contributed by atoms with Gasteiger partial charge in [0.25, 0.3) is 0 Å². The van der Waals surface area contributed by atoms with E-state index in [1.807, 2.05) is 16.9 Å². The molecule has 0 saturated carbocycles. The summed E-state index contributed by atoms with van der Waals surface area (Å²) in [5.74, 6) is 0.0606. The molecule has 4 aromatic rings. The Morgan fingerprint density at radius 2 is 2.19 bits per heavy atom. The Morgan fingerprint density at radius 3 is 2.93 bits per heavy atom. The highest BCUT2D eigenvalue weighted by Crippen LogP contribution is 2.37. The minimum absolute atomic E-state index is 0.0606. The third-order valence-electron chi connectivity index (χ3n) is 5.46. The quantitative estimate of drug-likeness (QED) is 0.555. The fourth-order valence-electron chi connectivity index (χ4n) is 3.92. The SMILES string of the molecule is CCS(=O)(=O)N1CC(CC#N)(n2cc3c(cc4cnc5nc[nH]c3c45)[nH]2)C1. The van der Waals surface area contributed by atoms with Crippen molar-refractivity contribution < 1.29 is 8.42 Å². The molecule has 1 aliphatic rings. The molecule has 1 saturated heterocycles. The number of nitrogens with zero attached hydrogens (tertiary/aromatic N) is 5. The minimum atomic E-state index is -3.26. The van der Waals surface area contributed by atoms with Gasteiger partial charge in [-0.3, -0.25) is 9.78 Å². The van der Waals surface area contributed by atoms with Gasteiger partial charge in [0.15, 0.2) is 5.65 Å². The van der Waals surface area contributed by atoms with Crippen LogP contribution in [-0.4, -0.2) is 56.3 Å². The fraction of sp³-hybridized carbons (Fsp3) is 0.353. The molecule has 1 aliphatic heterocycles. The number of H-pyrrole nitrogens is 2. The Morgan fingerprint density at radius 1 is 1.37 bits per heavy atom. The molecule has 5 rings (SSSR count). The molecule has 0 spiro atoms. The first kappa shape index (κ1) is 16.3. The molecule has 2 N–H and O–H groups in total. The van der Waals surface area contributed by atoms with Gasteiger partial charge in [-0.05, 0) is 13.0 Å². The first-order chi connectivity index (χ1) is 13.0. The van der Waals surface area contributed by atoms with Gasteiger partial charge < -0.3 is 4.98 Å². The predicted molar refractivity (Wildman–Crippen MR) is 100 cm³/mol. The summed E-state index contributed by atoms with van der Waals surface area (Å²) in [4.78, 5) is 11.8. The highest BCUT2D eigenvalue weighted by molar-refractivity contribution is 7.89. The van der Waals surface area contributed by atoms with Crippen molar-refractivity contribution in [1.82, 2.24) is 29.0 Å². The maximum atomic E-state index is 12.1. The van der Waals surface area contributed by atoms with Crippen molar-refractivity contribution in [2.24, 2.45) is 0 Å². The van der Waals surface area contributed by atoms with Crippen LogP contribution in [0.5, 0.6) is 0 Å². The average Bonchev–Trinajstić information content (AvgIpc) is 3.24. The lowest BCUT2D eigenvalue weighted by molar-refractivity contribution is 0.0726. The number of nitrogens with one attached hydrogen (secondary N) is 2. The predicted octanol–water partition coefficient (Wildman–Crippen LogP) is 1.67. The lowest BCUT2D eigenvalue weighted by Gasteiger charge is -2.48. The van der Waals surface area contributed by atoms with Gasteiger partial charge in [-0.1, -0.05) is 0 Å². The zero-order valence-corrected chi connectivity index (χ0v) is 15.4. The van der Waals surface area contributed by atoms with Crippen LogP contribution in [0.2, 0.25) is 0 Å². The number of benzene rings is 1. The van der Waals surface area contributed by atoms with E-state index in [0.29, 0.717) is 5.65 Å². The van der Waals surface area contributed by atoms with Crippen LogP contribution in [0.3, 0.4) is 0 Å². The van der Waals surface area contributed by atoms with Crippen molar-refractivity contribution in [2.75, 3.05) is 18.8 Å². The topological polar surface area (TPSA) is 123 Å². The van der Waals surface area contributed by atoms with E-state index in [1.54, 1.807) is 19.4 Å². The second-order valence-electron chi connectivity index (χ2n) is 7.00. The number of fused-ring (bicyclic) bond motifs is 2. The van der Waals surface area contributed by atoms with Crippen molar-refractivity contribution in [1.29, 1.82) is 5.26 Å². The average molecular weight is 383 g/mol. The molecule has 4 heterocycles. The van der Waals surface area contributed by atoms with Crippen LogP contribution in [0.4, 0.5) is 0 Å². The van der Waals surface area contributed by atoms with E-state index in [-0.39, 0.29) is 25.3 Å². The number of aromatic amines is 2. The summed E-state index contributed by atoms with van der Waals surface area (Å²) in [6.45, 7) is 2.21. The molecule has 1 aromatic carbocycles. The first-order valence-corrected chi connectivity index (χ1v) is 10.3. The number of nitriles is 1. The van der Waals surface area contributed by atoms with Crippen molar-refractivity contribution in [3.63, 3.8) is 0 Å². The smallest absolute Gasteiger partial charge is 0.213 e. The lowest BCUT2D eigenvalue weighted by Crippen LogP contribution is -2.64. The van der Waals surface area contributed by atoms with Gasteiger partial charge in [0.1, 0.15) is 5.54 Å². The van der Waals surface area contributed by atoms with E-state index in [1.165, 1.54) is 4.31 Å². The van der Waals surface area contributed by atoms with Gasteiger partial charge in [-0.15, -0.1) is 0 Å². The van der Waals surface area contributed by atoms with Crippen LogP contribution >= 0.6 is 0 Å². The zero-order chi connectivity index (χ0) is 18.8.